The lowest BCUT2D eigenvalue weighted by molar-refractivity contribution is -0.117. The number of aryl methyl sites for hydroxylation is 1. The van der Waals surface area contributed by atoms with E-state index in [-0.39, 0.29) is 11.8 Å². The molecule has 0 fully saturated rings. The maximum atomic E-state index is 12.3. The second kappa shape index (κ2) is 5.11. The third-order valence-corrected chi connectivity index (χ3v) is 5.46. The van der Waals surface area contributed by atoms with Crippen LogP contribution in [0, 0.1) is 0 Å². The molecular weight excluding hydrogens is 332 g/mol. The number of rotatable bonds is 2. The number of thiophene rings is 1. The van der Waals surface area contributed by atoms with Gasteiger partial charge in [-0.15, -0.1) is 11.3 Å². The van der Waals surface area contributed by atoms with Crippen molar-refractivity contribution in [3.63, 3.8) is 0 Å². The van der Waals surface area contributed by atoms with Gasteiger partial charge in [-0.3, -0.25) is 4.79 Å². The minimum absolute atomic E-state index is 0.0114. The molecule has 0 aliphatic heterocycles. The van der Waals surface area contributed by atoms with E-state index in [0.29, 0.717) is 5.13 Å². The zero-order chi connectivity index (χ0) is 12.5. The number of carbonyl (C=O) groups excluding carboxylic acids is 1. The summed E-state index contributed by atoms with van der Waals surface area (Å²) < 4.78 is 0.928. The van der Waals surface area contributed by atoms with E-state index in [9.17, 15) is 4.79 Å². The van der Waals surface area contributed by atoms with Gasteiger partial charge in [-0.1, -0.05) is 11.3 Å². The number of carbonyl (C=O) groups is 1. The van der Waals surface area contributed by atoms with Crippen LogP contribution in [0.5, 0.6) is 0 Å². The van der Waals surface area contributed by atoms with E-state index in [0.717, 1.165) is 23.0 Å². The van der Waals surface area contributed by atoms with Crippen molar-refractivity contribution in [3.8, 4) is 0 Å². The first-order valence-electron chi connectivity index (χ1n) is 5.72. The highest BCUT2D eigenvalue weighted by atomic mass is 79.9. The van der Waals surface area contributed by atoms with Crippen LogP contribution in [0.15, 0.2) is 21.4 Å². The summed E-state index contributed by atoms with van der Waals surface area (Å²) >= 11 is 6.54. The van der Waals surface area contributed by atoms with E-state index in [4.69, 9.17) is 0 Å². The predicted molar refractivity (Wildman–Crippen MR) is 78.4 cm³/mol. The third-order valence-electron chi connectivity index (χ3n) is 3.08. The predicted octanol–water partition coefficient (Wildman–Crippen LogP) is 4.03. The highest BCUT2D eigenvalue weighted by molar-refractivity contribution is 9.11. The summed E-state index contributed by atoms with van der Waals surface area (Å²) in [6.45, 7) is 0. The smallest absolute Gasteiger partial charge is 0.233 e. The summed E-state index contributed by atoms with van der Waals surface area (Å²) in [7, 11) is 0. The van der Waals surface area contributed by atoms with Crippen LogP contribution in [-0.2, 0) is 11.2 Å². The van der Waals surface area contributed by atoms with E-state index in [1.807, 2.05) is 0 Å². The Bertz CT molecular complexity index is 578. The third kappa shape index (κ3) is 2.37. The lowest BCUT2D eigenvalue weighted by Crippen LogP contribution is -2.23. The molecule has 3 nitrogen and oxygen atoms in total. The quantitative estimate of drug-likeness (QED) is 0.895. The van der Waals surface area contributed by atoms with Crippen LogP contribution in [0.3, 0.4) is 0 Å². The van der Waals surface area contributed by atoms with Gasteiger partial charge >= 0.3 is 0 Å². The minimum Gasteiger partial charge on any atom is -0.301 e. The molecule has 1 aliphatic rings. The number of halogens is 1. The first kappa shape index (κ1) is 12.3. The molecule has 2 aromatic rings. The average molecular weight is 343 g/mol. The zero-order valence-corrected chi connectivity index (χ0v) is 12.7. The highest BCUT2D eigenvalue weighted by Crippen LogP contribution is 2.36. The Morgan fingerprint density at radius 3 is 3.22 bits per heavy atom. The van der Waals surface area contributed by atoms with E-state index < -0.39 is 0 Å². The Hall–Kier alpha value is -0.720. The summed E-state index contributed by atoms with van der Waals surface area (Å²) in [5.74, 6) is 0.0545. The van der Waals surface area contributed by atoms with Gasteiger partial charge in [-0.2, -0.15) is 0 Å². The van der Waals surface area contributed by atoms with Crippen molar-refractivity contribution in [1.82, 2.24) is 4.98 Å². The van der Waals surface area contributed by atoms with Crippen LogP contribution < -0.4 is 5.32 Å². The summed E-state index contributed by atoms with van der Waals surface area (Å²) in [6.07, 6.45) is 4.84. The lowest BCUT2D eigenvalue weighted by Gasteiger charge is -2.21. The van der Waals surface area contributed by atoms with Crippen LogP contribution in [0.25, 0.3) is 0 Å². The Labute approximate surface area is 121 Å². The molecule has 0 bridgehead atoms. The Balaban J connectivity index is 1.78. The molecule has 0 saturated carbocycles. The fourth-order valence-electron chi connectivity index (χ4n) is 2.26. The van der Waals surface area contributed by atoms with Gasteiger partial charge in [-0.05, 0) is 52.2 Å². The number of hydrogen-bond donors (Lipinski definition) is 1. The number of fused-ring (bicyclic) bond motifs is 1. The molecule has 0 radical (unpaired) electrons. The van der Waals surface area contributed by atoms with Gasteiger partial charge in [0.25, 0.3) is 0 Å². The van der Waals surface area contributed by atoms with Crippen molar-refractivity contribution >= 4 is 49.6 Å². The van der Waals surface area contributed by atoms with E-state index in [1.165, 1.54) is 21.8 Å². The average Bonchev–Trinajstić information content (AvgIpc) is 2.97. The Morgan fingerprint density at radius 1 is 1.56 bits per heavy atom. The molecule has 6 heteroatoms. The van der Waals surface area contributed by atoms with Crippen LogP contribution in [0.1, 0.15) is 29.2 Å². The normalized spacial score (nSPS) is 18.4. The summed E-state index contributed by atoms with van der Waals surface area (Å²) in [4.78, 5) is 17.8. The maximum Gasteiger partial charge on any atom is 0.233 e. The van der Waals surface area contributed by atoms with E-state index in [2.05, 4.69) is 37.7 Å². The SMILES string of the molecule is O=C(Nc1ncc(Br)s1)C1CCCc2sccc21. The molecule has 18 heavy (non-hydrogen) atoms. The van der Waals surface area contributed by atoms with Crippen molar-refractivity contribution in [2.24, 2.45) is 0 Å². The van der Waals surface area contributed by atoms with E-state index in [1.54, 1.807) is 17.5 Å². The summed E-state index contributed by atoms with van der Waals surface area (Å²) in [6, 6.07) is 2.08. The molecule has 3 rings (SSSR count). The molecule has 1 aliphatic carbocycles. The molecule has 0 spiro atoms. The largest absolute Gasteiger partial charge is 0.301 e. The first-order chi connectivity index (χ1) is 8.74. The van der Waals surface area contributed by atoms with Crippen LogP contribution in [0.4, 0.5) is 5.13 Å². The Morgan fingerprint density at radius 2 is 2.44 bits per heavy atom. The number of nitrogens with one attached hydrogen (secondary N) is 1. The highest BCUT2D eigenvalue weighted by Gasteiger charge is 2.27. The van der Waals surface area contributed by atoms with Gasteiger partial charge in [-0.25, -0.2) is 4.98 Å². The fourth-order valence-corrected chi connectivity index (χ4v) is 4.36. The molecular formula is C12H11BrN2OS2. The molecule has 1 unspecified atom stereocenters. The second-order valence-electron chi connectivity index (χ2n) is 4.20. The maximum absolute atomic E-state index is 12.3. The van der Waals surface area contributed by atoms with Crippen molar-refractivity contribution in [1.29, 1.82) is 0 Å². The number of amides is 1. The lowest BCUT2D eigenvalue weighted by atomic mass is 9.87. The number of thiazole rings is 1. The standard InChI is InChI=1S/C12H11BrN2OS2/c13-10-6-14-12(18-10)15-11(16)8-2-1-3-9-7(8)4-5-17-9/h4-6,8H,1-3H2,(H,14,15,16). The van der Waals surface area contributed by atoms with Gasteiger partial charge < -0.3 is 5.32 Å². The van der Waals surface area contributed by atoms with Gasteiger partial charge in [0.1, 0.15) is 0 Å². The monoisotopic (exact) mass is 342 g/mol. The second-order valence-corrected chi connectivity index (χ2v) is 7.61. The molecule has 2 heterocycles. The molecule has 94 valence electrons. The number of nitrogens with zero attached hydrogens (tertiary/aromatic N) is 1. The molecule has 2 aromatic heterocycles. The zero-order valence-electron chi connectivity index (χ0n) is 9.48. The molecule has 0 aromatic carbocycles. The molecule has 1 N–H and O–H groups in total. The molecule has 1 atom stereocenters. The van der Waals surface area contributed by atoms with Gasteiger partial charge in [0.05, 0.1) is 15.9 Å². The number of hydrogen-bond acceptors (Lipinski definition) is 4. The van der Waals surface area contributed by atoms with Crippen molar-refractivity contribution in [3.05, 3.63) is 31.9 Å². The number of aromatic nitrogens is 1. The van der Waals surface area contributed by atoms with Gasteiger partial charge in [0, 0.05) is 4.88 Å². The van der Waals surface area contributed by atoms with E-state index >= 15 is 0 Å². The van der Waals surface area contributed by atoms with Crippen LogP contribution in [-0.4, -0.2) is 10.9 Å². The number of anilines is 1. The van der Waals surface area contributed by atoms with Crippen LogP contribution in [0.2, 0.25) is 0 Å². The van der Waals surface area contributed by atoms with Gasteiger partial charge in [0.15, 0.2) is 5.13 Å². The first-order valence-corrected chi connectivity index (χ1v) is 8.21. The summed E-state index contributed by atoms with van der Waals surface area (Å²) in [5, 5.41) is 5.65. The molecule has 0 saturated heterocycles. The summed E-state index contributed by atoms with van der Waals surface area (Å²) in [5.41, 5.74) is 1.21. The Kier molecular flexibility index (Phi) is 3.50. The van der Waals surface area contributed by atoms with Crippen molar-refractivity contribution in [2.45, 2.75) is 25.2 Å². The van der Waals surface area contributed by atoms with Crippen LogP contribution >= 0.6 is 38.6 Å². The fraction of sp³-hybridized carbons (Fsp3) is 0.333. The topological polar surface area (TPSA) is 42.0 Å². The van der Waals surface area contributed by atoms with Crippen molar-refractivity contribution < 1.29 is 4.79 Å². The van der Waals surface area contributed by atoms with Crippen molar-refractivity contribution in [2.75, 3.05) is 5.32 Å². The minimum atomic E-state index is -0.0114. The van der Waals surface area contributed by atoms with Gasteiger partial charge in [0.2, 0.25) is 5.91 Å². The molecule has 1 amide bonds.